The Bertz CT molecular complexity index is 1020. The van der Waals surface area contributed by atoms with Crippen molar-refractivity contribution in [1.29, 1.82) is 0 Å². The first-order valence-electron chi connectivity index (χ1n) is 8.09. The van der Waals surface area contributed by atoms with Crippen LogP contribution in [0.2, 0.25) is 15.1 Å². The number of pyridine rings is 1. The zero-order valence-corrected chi connectivity index (χ0v) is 17.1. The zero-order chi connectivity index (χ0) is 19.8. The van der Waals surface area contributed by atoms with Gasteiger partial charge in [0, 0.05) is 16.1 Å². The molecule has 0 aliphatic carbocycles. The number of hydrogen-bond acceptors (Lipinski definition) is 4. The Morgan fingerprint density at radius 1 is 1.00 bits per heavy atom. The van der Waals surface area contributed by atoms with Crippen LogP contribution in [0, 0.1) is 6.92 Å². The van der Waals surface area contributed by atoms with Gasteiger partial charge in [0.05, 0.1) is 10.0 Å². The molecule has 0 radical (unpaired) electrons. The highest BCUT2D eigenvalue weighted by Crippen LogP contribution is 2.38. The first-order valence-corrected chi connectivity index (χ1v) is 9.23. The minimum absolute atomic E-state index is 0.151. The summed E-state index contributed by atoms with van der Waals surface area (Å²) < 4.78 is 11.4. The van der Waals surface area contributed by atoms with Crippen molar-refractivity contribution in [2.75, 3.05) is 0 Å². The summed E-state index contributed by atoms with van der Waals surface area (Å²) in [6.07, 6.45) is 0. The smallest absolute Gasteiger partial charge is 0.355 e. The fraction of sp³-hybridized carbons (Fsp3) is 0.200. The van der Waals surface area contributed by atoms with Crippen molar-refractivity contribution < 1.29 is 14.3 Å². The van der Waals surface area contributed by atoms with Gasteiger partial charge in [-0.3, -0.25) is 0 Å². The van der Waals surface area contributed by atoms with Gasteiger partial charge in [0.1, 0.15) is 11.3 Å². The van der Waals surface area contributed by atoms with Crippen molar-refractivity contribution in [1.82, 2.24) is 4.98 Å². The standard InChI is InChI=1S/C20H16Cl3NO3/c1-11-4-9-14-15(22)10-16(23)18(17(14)24-11)26-19(25)20(2,3)27-13-7-5-12(21)6-8-13/h4-10H,1-3H3. The van der Waals surface area contributed by atoms with Gasteiger partial charge in [0.2, 0.25) is 5.60 Å². The van der Waals surface area contributed by atoms with E-state index in [4.69, 9.17) is 44.3 Å². The summed E-state index contributed by atoms with van der Waals surface area (Å²) in [7, 11) is 0. The number of esters is 1. The molecule has 1 aromatic heterocycles. The van der Waals surface area contributed by atoms with Crippen LogP contribution in [0.15, 0.2) is 42.5 Å². The molecular weight excluding hydrogens is 409 g/mol. The van der Waals surface area contributed by atoms with Gasteiger partial charge in [-0.05, 0) is 63.2 Å². The molecule has 140 valence electrons. The van der Waals surface area contributed by atoms with Crippen LogP contribution < -0.4 is 9.47 Å². The van der Waals surface area contributed by atoms with Gasteiger partial charge in [0.25, 0.3) is 0 Å². The molecule has 0 unspecified atom stereocenters. The van der Waals surface area contributed by atoms with E-state index >= 15 is 0 Å². The normalized spacial score (nSPS) is 11.5. The lowest BCUT2D eigenvalue weighted by atomic mass is 10.1. The molecule has 7 heteroatoms. The van der Waals surface area contributed by atoms with Gasteiger partial charge in [0.15, 0.2) is 5.75 Å². The second-order valence-corrected chi connectivity index (χ2v) is 7.72. The molecule has 0 spiro atoms. The summed E-state index contributed by atoms with van der Waals surface area (Å²) in [4.78, 5) is 17.2. The van der Waals surface area contributed by atoms with E-state index < -0.39 is 11.6 Å². The maximum absolute atomic E-state index is 12.8. The second-order valence-electron chi connectivity index (χ2n) is 6.47. The molecule has 3 aromatic rings. The average Bonchev–Trinajstić information content (AvgIpc) is 2.60. The number of ether oxygens (including phenoxy) is 2. The van der Waals surface area contributed by atoms with Crippen molar-refractivity contribution in [3.8, 4) is 11.5 Å². The Hall–Kier alpha value is -2.01. The van der Waals surface area contributed by atoms with Crippen LogP contribution in [0.4, 0.5) is 0 Å². The van der Waals surface area contributed by atoms with Crippen LogP contribution in [-0.2, 0) is 4.79 Å². The van der Waals surface area contributed by atoms with E-state index in [-0.39, 0.29) is 10.8 Å². The SMILES string of the molecule is Cc1ccc2c(Cl)cc(Cl)c(OC(=O)C(C)(C)Oc3ccc(Cl)cc3)c2n1. The third-order valence-electron chi connectivity index (χ3n) is 3.85. The van der Waals surface area contributed by atoms with Crippen LogP contribution in [0.1, 0.15) is 19.5 Å². The van der Waals surface area contributed by atoms with Gasteiger partial charge >= 0.3 is 5.97 Å². The number of rotatable bonds is 4. The topological polar surface area (TPSA) is 48.4 Å². The number of carbonyl (C=O) groups excluding carboxylic acids is 1. The Labute approximate surface area is 172 Å². The molecule has 0 saturated heterocycles. The summed E-state index contributed by atoms with van der Waals surface area (Å²) in [5.41, 5.74) is -0.106. The summed E-state index contributed by atoms with van der Waals surface area (Å²) in [5, 5.41) is 1.84. The van der Waals surface area contributed by atoms with Crippen LogP contribution in [-0.4, -0.2) is 16.6 Å². The molecule has 0 N–H and O–H groups in total. The van der Waals surface area contributed by atoms with E-state index in [0.717, 1.165) is 5.69 Å². The molecule has 27 heavy (non-hydrogen) atoms. The minimum Gasteiger partial charge on any atom is -0.476 e. The molecule has 0 aliphatic heterocycles. The number of aromatic nitrogens is 1. The number of hydrogen-bond donors (Lipinski definition) is 0. The predicted octanol–water partition coefficient (Wildman–Crippen LogP) is 6.27. The van der Waals surface area contributed by atoms with Crippen molar-refractivity contribution >= 4 is 51.7 Å². The monoisotopic (exact) mass is 423 g/mol. The molecule has 4 nitrogen and oxygen atoms in total. The van der Waals surface area contributed by atoms with Crippen molar-refractivity contribution in [3.63, 3.8) is 0 Å². The fourth-order valence-electron chi connectivity index (χ4n) is 2.44. The third kappa shape index (κ3) is 4.29. The molecule has 0 aliphatic rings. The number of fused-ring (bicyclic) bond motifs is 1. The largest absolute Gasteiger partial charge is 0.476 e. The summed E-state index contributed by atoms with van der Waals surface area (Å²) >= 11 is 18.4. The molecule has 0 atom stereocenters. The van der Waals surface area contributed by atoms with Crippen molar-refractivity contribution in [3.05, 3.63) is 63.2 Å². The maximum Gasteiger partial charge on any atom is 0.355 e. The van der Waals surface area contributed by atoms with E-state index in [9.17, 15) is 4.79 Å². The quantitative estimate of drug-likeness (QED) is 0.366. The van der Waals surface area contributed by atoms with E-state index in [1.165, 1.54) is 6.07 Å². The second kappa shape index (κ2) is 7.55. The van der Waals surface area contributed by atoms with Gasteiger partial charge < -0.3 is 9.47 Å². The third-order valence-corrected chi connectivity index (χ3v) is 4.70. The number of halogens is 3. The summed E-state index contributed by atoms with van der Waals surface area (Å²) in [6.45, 7) is 5.04. The molecule has 1 heterocycles. The molecule has 2 aromatic carbocycles. The molecule has 0 amide bonds. The van der Waals surface area contributed by atoms with Gasteiger partial charge in [-0.15, -0.1) is 0 Å². The lowest BCUT2D eigenvalue weighted by molar-refractivity contribution is -0.149. The Morgan fingerprint density at radius 3 is 2.33 bits per heavy atom. The maximum atomic E-state index is 12.8. The lowest BCUT2D eigenvalue weighted by Gasteiger charge is -2.24. The van der Waals surface area contributed by atoms with Crippen LogP contribution in [0.3, 0.4) is 0 Å². The first kappa shape index (κ1) is 19.7. The molecule has 0 fully saturated rings. The fourth-order valence-corrected chi connectivity index (χ4v) is 3.12. The molecule has 0 bridgehead atoms. The van der Waals surface area contributed by atoms with Crippen LogP contribution in [0.5, 0.6) is 11.5 Å². The van der Waals surface area contributed by atoms with Gasteiger partial charge in [-0.1, -0.05) is 34.8 Å². The predicted molar refractivity (Wildman–Crippen MR) is 108 cm³/mol. The van der Waals surface area contributed by atoms with Crippen LogP contribution >= 0.6 is 34.8 Å². The molecule has 0 saturated carbocycles. The van der Waals surface area contributed by atoms with E-state index in [0.29, 0.717) is 26.7 Å². The number of benzene rings is 2. The Kier molecular flexibility index (Phi) is 5.52. The van der Waals surface area contributed by atoms with E-state index in [1.807, 2.05) is 19.1 Å². The van der Waals surface area contributed by atoms with Gasteiger partial charge in [-0.2, -0.15) is 0 Å². The van der Waals surface area contributed by atoms with Crippen LogP contribution in [0.25, 0.3) is 10.9 Å². The van der Waals surface area contributed by atoms with Gasteiger partial charge in [-0.25, -0.2) is 9.78 Å². The number of aryl methyl sites for hydroxylation is 1. The Balaban J connectivity index is 1.93. The highest BCUT2D eigenvalue weighted by molar-refractivity contribution is 6.39. The zero-order valence-electron chi connectivity index (χ0n) is 14.8. The summed E-state index contributed by atoms with van der Waals surface area (Å²) in [6, 6.07) is 11.9. The van der Waals surface area contributed by atoms with Crippen molar-refractivity contribution in [2.24, 2.45) is 0 Å². The molecule has 3 rings (SSSR count). The number of nitrogens with zero attached hydrogens (tertiary/aromatic N) is 1. The summed E-state index contributed by atoms with van der Waals surface area (Å²) in [5.74, 6) is 0.0196. The average molecular weight is 425 g/mol. The Morgan fingerprint density at radius 2 is 1.67 bits per heavy atom. The lowest BCUT2D eigenvalue weighted by Crippen LogP contribution is -2.41. The highest BCUT2D eigenvalue weighted by Gasteiger charge is 2.33. The molecular formula is C20H16Cl3NO3. The van der Waals surface area contributed by atoms with E-state index in [1.54, 1.807) is 38.1 Å². The van der Waals surface area contributed by atoms with E-state index in [2.05, 4.69) is 4.98 Å². The minimum atomic E-state index is -1.27. The van der Waals surface area contributed by atoms with Crippen molar-refractivity contribution in [2.45, 2.75) is 26.4 Å². The highest BCUT2D eigenvalue weighted by atomic mass is 35.5. The first-order chi connectivity index (χ1) is 12.7. The number of carbonyl (C=O) groups is 1.